The summed E-state index contributed by atoms with van der Waals surface area (Å²) < 4.78 is 1.27. The van der Waals surface area contributed by atoms with Crippen molar-refractivity contribution < 1.29 is 4.79 Å². The second-order valence-corrected chi connectivity index (χ2v) is 8.66. The van der Waals surface area contributed by atoms with Gasteiger partial charge in [0.05, 0.1) is 5.92 Å². The second-order valence-electron chi connectivity index (χ2n) is 7.42. The maximum atomic E-state index is 13.3. The standard InChI is InChI=1S/C19H25IN2O/c1-21-15-8-9-17(21)18(19(23)22-10-2-3-11-22)16(12-15)13-4-6-14(20)7-5-13/h4-7,15-18H,2-3,8-12H2,1H3/t15-,16+,17?,18?/m0/s1. The van der Waals surface area contributed by atoms with Crippen LogP contribution in [-0.2, 0) is 4.79 Å². The lowest BCUT2D eigenvalue weighted by Crippen LogP contribution is -2.52. The van der Waals surface area contributed by atoms with Crippen LogP contribution in [0.25, 0.3) is 0 Å². The van der Waals surface area contributed by atoms with Crippen molar-refractivity contribution >= 4 is 28.5 Å². The van der Waals surface area contributed by atoms with Gasteiger partial charge in [0.1, 0.15) is 0 Å². The van der Waals surface area contributed by atoms with Gasteiger partial charge in [-0.3, -0.25) is 9.69 Å². The summed E-state index contributed by atoms with van der Waals surface area (Å²) in [6.07, 6.45) is 5.93. The molecule has 3 fully saturated rings. The zero-order valence-corrected chi connectivity index (χ0v) is 15.9. The first kappa shape index (κ1) is 15.9. The molecule has 4 rings (SSSR count). The molecule has 0 aliphatic carbocycles. The number of hydrogen-bond donors (Lipinski definition) is 0. The Hall–Kier alpha value is -0.620. The number of piperidine rings is 1. The average Bonchev–Trinajstić information content (AvgIpc) is 3.15. The van der Waals surface area contributed by atoms with E-state index >= 15 is 0 Å². The number of hydrogen-bond acceptors (Lipinski definition) is 2. The molecule has 4 atom stereocenters. The summed E-state index contributed by atoms with van der Waals surface area (Å²) >= 11 is 2.36. The van der Waals surface area contributed by atoms with Crippen LogP contribution in [0, 0.1) is 9.49 Å². The zero-order valence-electron chi connectivity index (χ0n) is 13.7. The van der Waals surface area contributed by atoms with E-state index in [1.54, 1.807) is 0 Å². The molecule has 1 aromatic carbocycles. The maximum Gasteiger partial charge on any atom is 0.227 e. The number of carbonyl (C=O) groups is 1. The molecule has 0 N–H and O–H groups in total. The highest BCUT2D eigenvalue weighted by Crippen LogP contribution is 2.47. The minimum atomic E-state index is 0.150. The molecule has 4 heteroatoms. The highest BCUT2D eigenvalue weighted by atomic mass is 127. The van der Waals surface area contributed by atoms with Crippen LogP contribution in [0.3, 0.4) is 0 Å². The summed E-state index contributed by atoms with van der Waals surface area (Å²) in [6.45, 7) is 1.93. The molecule has 3 aliphatic heterocycles. The van der Waals surface area contributed by atoms with E-state index in [4.69, 9.17) is 0 Å². The molecule has 2 unspecified atom stereocenters. The topological polar surface area (TPSA) is 23.6 Å². The van der Waals surface area contributed by atoms with E-state index in [9.17, 15) is 4.79 Å². The predicted octanol–water partition coefficient (Wildman–Crippen LogP) is 3.48. The largest absolute Gasteiger partial charge is 0.342 e. The Morgan fingerprint density at radius 2 is 1.83 bits per heavy atom. The third kappa shape index (κ3) is 2.82. The van der Waals surface area contributed by atoms with E-state index in [0.717, 1.165) is 19.5 Å². The molecule has 3 aliphatic rings. The van der Waals surface area contributed by atoms with Crippen LogP contribution in [0.15, 0.2) is 24.3 Å². The lowest BCUT2D eigenvalue weighted by atomic mass is 9.75. The average molecular weight is 424 g/mol. The molecular weight excluding hydrogens is 399 g/mol. The molecule has 3 nitrogen and oxygen atoms in total. The fraction of sp³-hybridized carbons (Fsp3) is 0.632. The smallest absolute Gasteiger partial charge is 0.227 e. The summed E-state index contributed by atoms with van der Waals surface area (Å²) in [7, 11) is 2.23. The number of amides is 1. The highest BCUT2D eigenvalue weighted by molar-refractivity contribution is 14.1. The number of rotatable bonds is 2. The Bertz CT molecular complexity index is 582. The van der Waals surface area contributed by atoms with Crippen molar-refractivity contribution in [3.8, 4) is 0 Å². The van der Waals surface area contributed by atoms with Gasteiger partial charge in [-0.25, -0.2) is 0 Å². The van der Waals surface area contributed by atoms with Gasteiger partial charge >= 0.3 is 0 Å². The van der Waals surface area contributed by atoms with Gasteiger partial charge in [-0.2, -0.15) is 0 Å². The van der Waals surface area contributed by atoms with Crippen molar-refractivity contribution in [2.75, 3.05) is 20.1 Å². The van der Waals surface area contributed by atoms with Gasteiger partial charge in [0.15, 0.2) is 0 Å². The number of benzene rings is 1. The van der Waals surface area contributed by atoms with Gasteiger partial charge in [0, 0.05) is 28.7 Å². The van der Waals surface area contributed by atoms with E-state index in [0.29, 0.717) is 23.9 Å². The maximum absolute atomic E-state index is 13.3. The third-order valence-corrected chi connectivity index (χ3v) is 6.99. The van der Waals surface area contributed by atoms with Gasteiger partial charge in [-0.05, 0) is 85.4 Å². The SMILES string of the molecule is CN1C2CC[C@H]1C[C@H](c1ccc(I)cc1)C2C(=O)N1CCCC1. The number of halogens is 1. The Morgan fingerprint density at radius 3 is 2.52 bits per heavy atom. The fourth-order valence-corrected chi connectivity index (χ4v) is 5.36. The molecule has 1 amide bonds. The molecule has 3 saturated heterocycles. The number of carbonyl (C=O) groups excluding carboxylic acids is 1. The normalized spacial score (nSPS) is 34.1. The van der Waals surface area contributed by atoms with Gasteiger partial charge in [-0.1, -0.05) is 12.1 Å². The van der Waals surface area contributed by atoms with Gasteiger partial charge < -0.3 is 4.90 Å². The monoisotopic (exact) mass is 424 g/mol. The van der Waals surface area contributed by atoms with Crippen molar-refractivity contribution in [1.29, 1.82) is 0 Å². The predicted molar refractivity (Wildman–Crippen MR) is 100 cm³/mol. The number of fused-ring (bicyclic) bond motifs is 2. The quantitative estimate of drug-likeness (QED) is 0.679. The summed E-state index contributed by atoms with van der Waals surface area (Å²) in [5.74, 6) is 0.967. The van der Waals surface area contributed by atoms with Crippen LogP contribution < -0.4 is 0 Å². The van der Waals surface area contributed by atoms with E-state index in [1.807, 2.05) is 0 Å². The molecule has 0 aromatic heterocycles. The van der Waals surface area contributed by atoms with E-state index in [1.165, 1.54) is 34.8 Å². The Kier molecular flexibility index (Phi) is 4.39. The van der Waals surface area contributed by atoms with Gasteiger partial charge in [0.25, 0.3) is 0 Å². The first-order chi connectivity index (χ1) is 11.1. The van der Waals surface area contributed by atoms with Crippen LogP contribution in [0.2, 0.25) is 0 Å². The molecule has 2 bridgehead atoms. The first-order valence-electron chi connectivity index (χ1n) is 8.91. The van der Waals surface area contributed by atoms with Crippen LogP contribution in [0.1, 0.15) is 43.6 Å². The molecule has 23 heavy (non-hydrogen) atoms. The van der Waals surface area contributed by atoms with Crippen molar-refractivity contribution in [3.63, 3.8) is 0 Å². The van der Waals surface area contributed by atoms with Crippen LogP contribution in [0.4, 0.5) is 0 Å². The Balaban J connectivity index is 1.67. The molecular formula is C19H25IN2O. The summed E-state index contributed by atoms with van der Waals surface area (Å²) in [6, 6.07) is 9.97. The summed E-state index contributed by atoms with van der Waals surface area (Å²) in [5, 5.41) is 0. The lowest BCUT2D eigenvalue weighted by molar-refractivity contribution is -0.139. The molecule has 124 valence electrons. The highest BCUT2D eigenvalue weighted by Gasteiger charge is 2.50. The van der Waals surface area contributed by atoms with Crippen LogP contribution >= 0.6 is 22.6 Å². The molecule has 0 radical (unpaired) electrons. The lowest BCUT2D eigenvalue weighted by Gasteiger charge is -2.43. The van der Waals surface area contributed by atoms with E-state index in [2.05, 4.69) is 63.7 Å². The van der Waals surface area contributed by atoms with Crippen molar-refractivity contribution in [2.45, 2.75) is 50.1 Å². The fourth-order valence-electron chi connectivity index (χ4n) is 5.00. The van der Waals surface area contributed by atoms with E-state index in [-0.39, 0.29) is 5.92 Å². The minimum absolute atomic E-state index is 0.150. The molecule has 0 saturated carbocycles. The molecule has 0 spiro atoms. The second kappa shape index (κ2) is 6.36. The van der Waals surface area contributed by atoms with E-state index < -0.39 is 0 Å². The summed E-state index contributed by atoms with van der Waals surface area (Å²) in [5.41, 5.74) is 1.37. The van der Waals surface area contributed by atoms with Crippen molar-refractivity contribution in [1.82, 2.24) is 9.80 Å². The minimum Gasteiger partial charge on any atom is -0.342 e. The molecule has 3 heterocycles. The number of nitrogens with zero attached hydrogens (tertiary/aromatic N) is 2. The third-order valence-electron chi connectivity index (χ3n) is 6.27. The Labute approximate surface area is 152 Å². The van der Waals surface area contributed by atoms with Gasteiger partial charge in [0.2, 0.25) is 5.91 Å². The van der Waals surface area contributed by atoms with Gasteiger partial charge in [-0.15, -0.1) is 0 Å². The first-order valence-corrected chi connectivity index (χ1v) is 9.99. The summed E-state index contributed by atoms with van der Waals surface area (Å²) in [4.78, 5) is 17.9. The molecule has 1 aromatic rings. The zero-order chi connectivity index (χ0) is 16.0. The van der Waals surface area contributed by atoms with Crippen molar-refractivity contribution in [3.05, 3.63) is 33.4 Å². The number of likely N-dealkylation sites (tertiary alicyclic amines) is 1. The van der Waals surface area contributed by atoms with Crippen LogP contribution in [-0.4, -0.2) is 47.9 Å². The van der Waals surface area contributed by atoms with Crippen LogP contribution in [0.5, 0.6) is 0 Å². The van der Waals surface area contributed by atoms with Crippen molar-refractivity contribution in [2.24, 2.45) is 5.92 Å². The Morgan fingerprint density at radius 1 is 1.13 bits per heavy atom.